The molecule has 3 rings (SSSR count). The average Bonchev–Trinajstić information content (AvgIpc) is 3.12. The summed E-state index contributed by atoms with van der Waals surface area (Å²) in [7, 11) is 0. The first kappa shape index (κ1) is 13.1. The molecule has 106 valence electrons. The first-order valence-electron chi connectivity index (χ1n) is 7.59. The maximum absolute atomic E-state index is 6.41. The normalized spacial score (nSPS) is 32.8. The van der Waals surface area contributed by atoms with Crippen LogP contribution in [0, 0.1) is 17.8 Å². The lowest BCUT2D eigenvalue weighted by atomic mass is 9.95. The van der Waals surface area contributed by atoms with Crippen molar-refractivity contribution in [1.29, 1.82) is 0 Å². The van der Waals surface area contributed by atoms with E-state index < -0.39 is 0 Å². The molecule has 1 aliphatic carbocycles. The first-order valence-corrected chi connectivity index (χ1v) is 7.59. The summed E-state index contributed by atoms with van der Waals surface area (Å²) < 4.78 is 7.74. The van der Waals surface area contributed by atoms with Gasteiger partial charge in [0.1, 0.15) is 0 Å². The molecule has 0 radical (unpaired) electrons. The van der Waals surface area contributed by atoms with E-state index in [4.69, 9.17) is 10.5 Å². The molecule has 4 atom stereocenters. The predicted octanol–water partition coefficient (Wildman–Crippen LogP) is 2.36. The van der Waals surface area contributed by atoms with Gasteiger partial charge in [-0.25, -0.2) is 4.98 Å². The van der Waals surface area contributed by atoms with Gasteiger partial charge in [-0.2, -0.15) is 0 Å². The third-order valence-electron chi connectivity index (χ3n) is 5.03. The van der Waals surface area contributed by atoms with Gasteiger partial charge in [0.15, 0.2) is 0 Å². The smallest absolute Gasteiger partial charge is 0.0948 e. The van der Waals surface area contributed by atoms with Gasteiger partial charge in [-0.15, -0.1) is 0 Å². The molecule has 4 nitrogen and oxygen atoms in total. The highest BCUT2D eigenvalue weighted by Gasteiger charge is 2.28. The second-order valence-electron chi connectivity index (χ2n) is 6.29. The molecule has 2 heterocycles. The van der Waals surface area contributed by atoms with Crippen molar-refractivity contribution in [2.75, 3.05) is 13.2 Å². The lowest BCUT2D eigenvalue weighted by Gasteiger charge is -2.22. The molecule has 1 aliphatic heterocycles. The SMILES string of the molecule is CC1CCCC1Cn1cncc1C(N)C1CCOC1. The molecule has 0 aromatic carbocycles. The monoisotopic (exact) mass is 263 g/mol. The van der Waals surface area contributed by atoms with E-state index >= 15 is 0 Å². The highest BCUT2D eigenvalue weighted by atomic mass is 16.5. The number of nitrogens with two attached hydrogens (primary N) is 1. The van der Waals surface area contributed by atoms with Crippen molar-refractivity contribution in [3.63, 3.8) is 0 Å². The Kier molecular flexibility index (Phi) is 3.89. The molecule has 2 N–H and O–H groups in total. The van der Waals surface area contributed by atoms with Gasteiger partial charge in [-0.3, -0.25) is 0 Å². The maximum atomic E-state index is 6.41. The minimum Gasteiger partial charge on any atom is -0.381 e. The van der Waals surface area contributed by atoms with E-state index in [1.807, 2.05) is 12.5 Å². The van der Waals surface area contributed by atoms with E-state index in [1.165, 1.54) is 25.0 Å². The molecule has 19 heavy (non-hydrogen) atoms. The number of aromatic nitrogens is 2. The van der Waals surface area contributed by atoms with Gasteiger partial charge in [-0.1, -0.05) is 19.8 Å². The Bertz CT molecular complexity index is 411. The summed E-state index contributed by atoms with van der Waals surface area (Å²) in [6.45, 7) is 5.11. The third kappa shape index (κ3) is 2.70. The Morgan fingerprint density at radius 1 is 1.47 bits per heavy atom. The Hall–Kier alpha value is -0.870. The summed E-state index contributed by atoms with van der Waals surface area (Å²) in [5.74, 6) is 2.08. The largest absolute Gasteiger partial charge is 0.381 e. The van der Waals surface area contributed by atoms with Crippen molar-refractivity contribution in [2.24, 2.45) is 23.5 Å². The fourth-order valence-corrected chi connectivity index (χ4v) is 3.58. The fraction of sp³-hybridized carbons (Fsp3) is 0.800. The van der Waals surface area contributed by atoms with Crippen molar-refractivity contribution < 1.29 is 4.74 Å². The van der Waals surface area contributed by atoms with Crippen LogP contribution in [-0.2, 0) is 11.3 Å². The number of rotatable bonds is 4. The van der Waals surface area contributed by atoms with Crippen LogP contribution in [0.2, 0.25) is 0 Å². The van der Waals surface area contributed by atoms with Crippen LogP contribution in [0.1, 0.15) is 44.3 Å². The van der Waals surface area contributed by atoms with E-state index in [2.05, 4.69) is 16.5 Å². The Morgan fingerprint density at radius 3 is 3.05 bits per heavy atom. The number of hydrogen-bond acceptors (Lipinski definition) is 3. The van der Waals surface area contributed by atoms with Crippen LogP contribution >= 0.6 is 0 Å². The van der Waals surface area contributed by atoms with Gasteiger partial charge in [0.25, 0.3) is 0 Å². The number of nitrogens with zero attached hydrogens (tertiary/aromatic N) is 2. The van der Waals surface area contributed by atoms with Crippen molar-refractivity contribution in [1.82, 2.24) is 9.55 Å². The molecule has 4 unspecified atom stereocenters. The second kappa shape index (κ2) is 5.63. The van der Waals surface area contributed by atoms with Crippen molar-refractivity contribution in [3.05, 3.63) is 18.2 Å². The van der Waals surface area contributed by atoms with Crippen molar-refractivity contribution in [2.45, 2.75) is 45.2 Å². The summed E-state index contributed by atoms with van der Waals surface area (Å²) >= 11 is 0. The zero-order chi connectivity index (χ0) is 13.2. The maximum Gasteiger partial charge on any atom is 0.0948 e. The van der Waals surface area contributed by atoms with E-state index in [0.717, 1.165) is 38.0 Å². The minimum absolute atomic E-state index is 0.0710. The summed E-state index contributed by atoms with van der Waals surface area (Å²) in [4.78, 5) is 4.32. The second-order valence-corrected chi connectivity index (χ2v) is 6.29. The Labute approximate surface area is 115 Å². The number of ether oxygens (including phenoxy) is 1. The highest BCUT2D eigenvalue weighted by molar-refractivity contribution is 5.07. The van der Waals surface area contributed by atoms with Crippen molar-refractivity contribution >= 4 is 0 Å². The zero-order valence-electron chi connectivity index (χ0n) is 11.8. The topological polar surface area (TPSA) is 53.1 Å². The standard InChI is InChI=1S/C15H25N3O/c1-11-3-2-4-12(11)8-18-10-17-7-14(18)15(16)13-5-6-19-9-13/h7,10-13,15H,2-6,8-9,16H2,1H3. The minimum atomic E-state index is 0.0710. The average molecular weight is 263 g/mol. The molecule has 0 spiro atoms. The van der Waals surface area contributed by atoms with Crippen LogP contribution in [0.15, 0.2) is 12.5 Å². The summed E-state index contributed by atoms with van der Waals surface area (Å²) in [6.07, 6.45) is 9.07. The molecule has 0 bridgehead atoms. The van der Waals surface area contributed by atoms with Crippen LogP contribution in [-0.4, -0.2) is 22.8 Å². The third-order valence-corrected chi connectivity index (χ3v) is 5.03. The summed E-state index contributed by atoms with van der Waals surface area (Å²) in [5, 5.41) is 0. The fourth-order valence-electron chi connectivity index (χ4n) is 3.58. The van der Waals surface area contributed by atoms with Gasteiger partial charge in [0, 0.05) is 25.3 Å². The number of imidazole rings is 1. The molecule has 1 saturated heterocycles. The van der Waals surface area contributed by atoms with Crippen LogP contribution in [0.4, 0.5) is 0 Å². The Balaban J connectivity index is 1.70. The lowest BCUT2D eigenvalue weighted by molar-refractivity contribution is 0.180. The molecule has 1 saturated carbocycles. The Morgan fingerprint density at radius 2 is 2.37 bits per heavy atom. The quantitative estimate of drug-likeness (QED) is 0.907. The molecule has 0 amide bonds. The predicted molar refractivity (Wildman–Crippen MR) is 74.6 cm³/mol. The van der Waals surface area contributed by atoms with E-state index in [-0.39, 0.29) is 6.04 Å². The van der Waals surface area contributed by atoms with E-state index in [1.54, 1.807) is 0 Å². The zero-order valence-corrected chi connectivity index (χ0v) is 11.8. The van der Waals surface area contributed by atoms with Crippen LogP contribution in [0.25, 0.3) is 0 Å². The van der Waals surface area contributed by atoms with Gasteiger partial charge < -0.3 is 15.0 Å². The van der Waals surface area contributed by atoms with Crippen LogP contribution in [0.5, 0.6) is 0 Å². The first-order chi connectivity index (χ1) is 9.25. The summed E-state index contributed by atoms with van der Waals surface area (Å²) in [5.41, 5.74) is 7.60. The highest BCUT2D eigenvalue weighted by Crippen LogP contribution is 2.33. The lowest BCUT2D eigenvalue weighted by Crippen LogP contribution is -2.25. The van der Waals surface area contributed by atoms with Gasteiger partial charge in [-0.05, 0) is 24.7 Å². The molecule has 1 aromatic rings. The van der Waals surface area contributed by atoms with E-state index in [9.17, 15) is 0 Å². The van der Waals surface area contributed by atoms with Crippen LogP contribution in [0.3, 0.4) is 0 Å². The number of hydrogen-bond donors (Lipinski definition) is 1. The summed E-state index contributed by atoms with van der Waals surface area (Å²) in [6, 6.07) is 0.0710. The van der Waals surface area contributed by atoms with Gasteiger partial charge >= 0.3 is 0 Å². The van der Waals surface area contributed by atoms with Crippen molar-refractivity contribution in [3.8, 4) is 0 Å². The molecule has 4 heteroatoms. The molecule has 2 aliphatic rings. The molecular formula is C15H25N3O. The van der Waals surface area contributed by atoms with Gasteiger partial charge in [0.05, 0.1) is 24.7 Å². The van der Waals surface area contributed by atoms with E-state index in [0.29, 0.717) is 5.92 Å². The molecule has 2 fully saturated rings. The molecule has 1 aromatic heterocycles. The van der Waals surface area contributed by atoms with Crippen LogP contribution < -0.4 is 5.73 Å². The molecular weight excluding hydrogens is 238 g/mol. The van der Waals surface area contributed by atoms with Gasteiger partial charge in [0.2, 0.25) is 0 Å².